The predicted molar refractivity (Wildman–Crippen MR) is 88.8 cm³/mol. The Hall–Kier alpha value is -2.28. The van der Waals surface area contributed by atoms with Gasteiger partial charge >= 0.3 is 5.97 Å². The standard InChI is InChI=1S/C18H21F2N3O2/c1-12-14(10-23(22-12)16-4-2-3-15(19)7-16)9-21-11-18(20)6-5-13(8-18)17(24)25/h2-4,7,10,13,21H,5-6,8-9,11H2,1H3,(H,24,25)/t13-,18-/m1/s1. The molecule has 0 radical (unpaired) electrons. The molecule has 7 heteroatoms. The predicted octanol–water partition coefficient (Wildman–Crippen LogP) is 3.00. The number of hydrogen-bond acceptors (Lipinski definition) is 3. The number of carboxylic acids is 1. The smallest absolute Gasteiger partial charge is 0.306 e. The van der Waals surface area contributed by atoms with Crippen LogP contribution in [-0.4, -0.2) is 33.1 Å². The molecule has 1 aromatic heterocycles. The maximum Gasteiger partial charge on any atom is 0.306 e. The van der Waals surface area contributed by atoms with Crippen LogP contribution in [0.2, 0.25) is 0 Å². The first kappa shape index (κ1) is 17.5. The molecule has 1 aliphatic carbocycles. The van der Waals surface area contributed by atoms with Gasteiger partial charge in [0, 0.05) is 24.8 Å². The molecule has 0 bridgehead atoms. The van der Waals surface area contributed by atoms with Crippen LogP contribution in [0.5, 0.6) is 0 Å². The van der Waals surface area contributed by atoms with Crippen LogP contribution in [0.25, 0.3) is 5.69 Å². The van der Waals surface area contributed by atoms with Crippen molar-refractivity contribution < 1.29 is 18.7 Å². The molecule has 0 saturated heterocycles. The molecule has 25 heavy (non-hydrogen) atoms. The number of nitrogens with one attached hydrogen (secondary N) is 1. The van der Waals surface area contributed by atoms with Gasteiger partial charge in [-0.2, -0.15) is 5.10 Å². The van der Waals surface area contributed by atoms with E-state index in [0.29, 0.717) is 18.7 Å². The SMILES string of the molecule is Cc1nn(-c2cccc(F)c2)cc1CNC[C@@]1(F)CC[C@@H](C(=O)O)C1. The molecule has 3 rings (SSSR count). The molecular weight excluding hydrogens is 328 g/mol. The molecule has 1 aliphatic rings. The van der Waals surface area contributed by atoms with Crippen LogP contribution in [0.1, 0.15) is 30.5 Å². The topological polar surface area (TPSA) is 67.2 Å². The Morgan fingerprint density at radius 1 is 1.52 bits per heavy atom. The largest absolute Gasteiger partial charge is 0.481 e. The molecule has 1 heterocycles. The third-order valence-corrected chi connectivity index (χ3v) is 4.73. The summed E-state index contributed by atoms with van der Waals surface area (Å²) in [5.74, 6) is -1.85. The Morgan fingerprint density at radius 3 is 3.00 bits per heavy atom. The summed E-state index contributed by atoms with van der Waals surface area (Å²) in [6.45, 7) is 2.37. The third-order valence-electron chi connectivity index (χ3n) is 4.73. The second kappa shape index (κ2) is 6.92. The lowest BCUT2D eigenvalue weighted by atomic mass is 10.0. The van der Waals surface area contributed by atoms with Gasteiger partial charge in [0.15, 0.2) is 0 Å². The van der Waals surface area contributed by atoms with Crippen molar-refractivity contribution >= 4 is 5.97 Å². The van der Waals surface area contributed by atoms with Gasteiger partial charge in [0.25, 0.3) is 0 Å². The van der Waals surface area contributed by atoms with Crippen molar-refractivity contribution in [2.45, 2.75) is 38.4 Å². The number of aromatic nitrogens is 2. The van der Waals surface area contributed by atoms with Gasteiger partial charge in [-0.25, -0.2) is 13.5 Å². The molecule has 0 amide bonds. The Morgan fingerprint density at radius 2 is 2.32 bits per heavy atom. The lowest BCUT2D eigenvalue weighted by Crippen LogP contribution is -2.34. The molecule has 2 N–H and O–H groups in total. The lowest BCUT2D eigenvalue weighted by molar-refractivity contribution is -0.141. The number of aryl methyl sites for hydroxylation is 1. The normalized spacial score (nSPS) is 23.1. The molecule has 134 valence electrons. The number of halogens is 2. The van der Waals surface area contributed by atoms with Crippen molar-refractivity contribution in [3.8, 4) is 5.69 Å². The first-order chi connectivity index (χ1) is 11.9. The van der Waals surface area contributed by atoms with Gasteiger partial charge in [-0.1, -0.05) is 6.07 Å². The minimum absolute atomic E-state index is 0.0524. The van der Waals surface area contributed by atoms with E-state index in [4.69, 9.17) is 5.11 Å². The number of benzene rings is 1. The molecule has 0 aliphatic heterocycles. The highest BCUT2D eigenvalue weighted by Crippen LogP contribution is 2.37. The van der Waals surface area contributed by atoms with Gasteiger partial charge in [-0.05, 0) is 44.4 Å². The highest BCUT2D eigenvalue weighted by molar-refractivity contribution is 5.70. The van der Waals surface area contributed by atoms with Crippen molar-refractivity contribution in [2.24, 2.45) is 5.92 Å². The van der Waals surface area contributed by atoms with E-state index in [1.807, 2.05) is 6.92 Å². The zero-order valence-corrected chi connectivity index (χ0v) is 14.0. The summed E-state index contributed by atoms with van der Waals surface area (Å²) in [5.41, 5.74) is 0.812. The van der Waals surface area contributed by atoms with Crippen LogP contribution in [0.3, 0.4) is 0 Å². The van der Waals surface area contributed by atoms with E-state index in [1.54, 1.807) is 23.0 Å². The van der Waals surface area contributed by atoms with Gasteiger partial charge in [-0.15, -0.1) is 0 Å². The van der Waals surface area contributed by atoms with E-state index < -0.39 is 17.6 Å². The van der Waals surface area contributed by atoms with Crippen LogP contribution in [0.4, 0.5) is 8.78 Å². The quantitative estimate of drug-likeness (QED) is 0.841. The third kappa shape index (κ3) is 4.04. The fraction of sp³-hybridized carbons (Fsp3) is 0.444. The molecule has 0 unspecified atom stereocenters. The molecule has 5 nitrogen and oxygen atoms in total. The van der Waals surface area contributed by atoms with Crippen molar-refractivity contribution in [2.75, 3.05) is 6.54 Å². The highest BCUT2D eigenvalue weighted by atomic mass is 19.1. The number of carboxylic acid groups (broad SMARTS) is 1. The average molecular weight is 349 g/mol. The lowest BCUT2D eigenvalue weighted by Gasteiger charge is -2.19. The maximum atomic E-state index is 14.7. The summed E-state index contributed by atoms with van der Waals surface area (Å²) in [5, 5.41) is 16.4. The van der Waals surface area contributed by atoms with Crippen LogP contribution in [0, 0.1) is 18.7 Å². The molecule has 2 atom stereocenters. The minimum Gasteiger partial charge on any atom is -0.481 e. The van der Waals surface area contributed by atoms with Gasteiger partial charge < -0.3 is 10.4 Å². The van der Waals surface area contributed by atoms with E-state index in [2.05, 4.69) is 10.4 Å². The Kier molecular flexibility index (Phi) is 4.85. The van der Waals surface area contributed by atoms with Crippen molar-refractivity contribution in [3.63, 3.8) is 0 Å². The molecule has 0 spiro atoms. The van der Waals surface area contributed by atoms with Crippen LogP contribution >= 0.6 is 0 Å². The van der Waals surface area contributed by atoms with Crippen molar-refractivity contribution in [1.82, 2.24) is 15.1 Å². The Labute approximate surface area is 144 Å². The number of nitrogens with zero attached hydrogens (tertiary/aromatic N) is 2. The first-order valence-electron chi connectivity index (χ1n) is 8.30. The monoisotopic (exact) mass is 349 g/mol. The summed E-state index contributed by atoms with van der Waals surface area (Å²) in [6, 6.07) is 6.14. The summed E-state index contributed by atoms with van der Waals surface area (Å²) in [4.78, 5) is 11.0. The van der Waals surface area contributed by atoms with E-state index in [0.717, 1.165) is 11.3 Å². The number of hydrogen-bond donors (Lipinski definition) is 2. The van der Waals surface area contributed by atoms with Crippen LogP contribution in [0.15, 0.2) is 30.5 Å². The number of aliphatic carboxylic acids is 1. The number of rotatable bonds is 6. The summed E-state index contributed by atoms with van der Waals surface area (Å²) in [7, 11) is 0. The molecule has 1 aromatic carbocycles. The van der Waals surface area contributed by atoms with E-state index >= 15 is 0 Å². The fourth-order valence-corrected chi connectivity index (χ4v) is 3.29. The van der Waals surface area contributed by atoms with Gasteiger partial charge in [0.1, 0.15) is 11.5 Å². The van der Waals surface area contributed by atoms with Crippen LogP contribution in [-0.2, 0) is 11.3 Å². The highest BCUT2D eigenvalue weighted by Gasteiger charge is 2.42. The Balaban J connectivity index is 1.60. The zero-order chi connectivity index (χ0) is 18.0. The van der Waals surface area contributed by atoms with Gasteiger partial charge in [0.2, 0.25) is 0 Å². The van der Waals surface area contributed by atoms with E-state index in [1.165, 1.54) is 12.1 Å². The average Bonchev–Trinajstić information content (AvgIpc) is 3.12. The summed E-state index contributed by atoms with van der Waals surface area (Å²) >= 11 is 0. The molecule has 2 aromatic rings. The fourth-order valence-electron chi connectivity index (χ4n) is 3.29. The summed E-state index contributed by atoms with van der Waals surface area (Å²) < 4.78 is 29.6. The maximum absolute atomic E-state index is 14.7. The summed E-state index contributed by atoms with van der Waals surface area (Å²) in [6.07, 6.45) is 2.48. The van der Waals surface area contributed by atoms with E-state index in [-0.39, 0.29) is 25.2 Å². The molecule has 1 saturated carbocycles. The minimum atomic E-state index is -1.48. The van der Waals surface area contributed by atoms with Crippen molar-refractivity contribution in [1.29, 1.82) is 0 Å². The second-order valence-corrected chi connectivity index (χ2v) is 6.70. The second-order valence-electron chi connectivity index (χ2n) is 6.70. The number of carbonyl (C=O) groups is 1. The van der Waals surface area contributed by atoms with Crippen LogP contribution < -0.4 is 5.32 Å². The zero-order valence-electron chi connectivity index (χ0n) is 14.0. The van der Waals surface area contributed by atoms with E-state index in [9.17, 15) is 13.6 Å². The molecular formula is C18H21F2N3O2. The number of alkyl halides is 1. The van der Waals surface area contributed by atoms with Gasteiger partial charge in [-0.3, -0.25) is 4.79 Å². The van der Waals surface area contributed by atoms with Gasteiger partial charge in [0.05, 0.1) is 17.3 Å². The first-order valence-corrected chi connectivity index (χ1v) is 8.30. The Bertz CT molecular complexity index is 777. The molecule has 1 fully saturated rings. The van der Waals surface area contributed by atoms with Crippen molar-refractivity contribution in [3.05, 3.63) is 47.5 Å².